The second kappa shape index (κ2) is 6.62. The highest BCUT2D eigenvalue weighted by atomic mass is 16.3. The number of amides is 3. The second-order valence-corrected chi connectivity index (χ2v) is 5.95. The van der Waals surface area contributed by atoms with Crippen LogP contribution in [0.3, 0.4) is 0 Å². The Morgan fingerprint density at radius 2 is 1.75 bits per heavy atom. The minimum atomic E-state index is -0.631. The van der Waals surface area contributed by atoms with Crippen LogP contribution in [0.2, 0.25) is 0 Å². The molecule has 4 N–H and O–H groups in total. The van der Waals surface area contributed by atoms with E-state index < -0.39 is 6.03 Å². The summed E-state index contributed by atoms with van der Waals surface area (Å²) in [7, 11) is 0. The summed E-state index contributed by atoms with van der Waals surface area (Å²) in [5, 5.41) is 5.18. The molecule has 0 saturated heterocycles. The highest BCUT2D eigenvalue weighted by Gasteiger charge is 2.36. The van der Waals surface area contributed by atoms with Crippen molar-refractivity contribution in [1.29, 1.82) is 0 Å². The number of nitrogens with two attached hydrogens (primary N) is 1. The lowest BCUT2D eigenvalue weighted by Crippen LogP contribution is -2.19. The third kappa shape index (κ3) is 4.04. The first-order valence-corrected chi connectivity index (χ1v) is 7.76. The molecular weight excluding hydrogens is 306 g/mol. The molecule has 0 spiro atoms. The second-order valence-electron chi connectivity index (χ2n) is 5.95. The number of nitrogens with one attached hydrogen (secondary N) is 2. The Bertz CT molecular complexity index is 777. The molecule has 0 bridgehead atoms. The molecule has 3 amide bonds. The summed E-state index contributed by atoms with van der Waals surface area (Å²) < 4.78 is 5.71. The van der Waals surface area contributed by atoms with Crippen molar-refractivity contribution in [2.45, 2.75) is 19.3 Å². The van der Waals surface area contributed by atoms with Gasteiger partial charge in [0.05, 0.1) is 0 Å². The number of carbonyl (C=O) groups excluding carboxylic acids is 2. The Balaban J connectivity index is 1.55. The molecule has 6 heteroatoms. The molecule has 1 aromatic carbocycles. The van der Waals surface area contributed by atoms with E-state index in [1.165, 1.54) is 6.08 Å². The Kier molecular flexibility index (Phi) is 4.37. The lowest BCUT2D eigenvalue weighted by atomic mass is 10.2. The summed E-state index contributed by atoms with van der Waals surface area (Å²) in [6.07, 6.45) is 4.24. The van der Waals surface area contributed by atoms with Gasteiger partial charge in [0.1, 0.15) is 11.5 Å². The molecule has 0 radical (unpaired) electrons. The van der Waals surface area contributed by atoms with Crippen LogP contribution in [0.25, 0.3) is 6.08 Å². The first-order valence-electron chi connectivity index (χ1n) is 7.76. The Hall–Kier alpha value is -3.02. The smallest absolute Gasteiger partial charge is 0.316 e. The van der Waals surface area contributed by atoms with Crippen LogP contribution in [0, 0.1) is 5.92 Å². The predicted molar refractivity (Wildman–Crippen MR) is 92.5 cm³/mol. The van der Waals surface area contributed by atoms with Crippen molar-refractivity contribution in [2.24, 2.45) is 11.7 Å². The zero-order valence-corrected chi connectivity index (χ0v) is 13.3. The number of urea groups is 1. The molecule has 1 fully saturated rings. The topological polar surface area (TPSA) is 97.4 Å². The van der Waals surface area contributed by atoms with Gasteiger partial charge in [0, 0.05) is 23.4 Å². The molecule has 2 aromatic rings. The van der Waals surface area contributed by atoms with Crippen molar-refractivity contribution < 1.29 is 14.0 Å². The molecule has 2 unspecified atom stereocenters. The van der Waals surface area contributed by atoms with Gasteiger partial charge in [-0.1, -0.05) is 6.92 Å². The average Bonchev–Trinajstić information content (AvgIpc) is 3.08. The van der Waals surface area contributed by atoms with E-state index in [-0.39, 0.29) is 5.91 Å². The van der Waals surface area contributed by atoms with Crippen LogP contribution in [-0.2, 0) is 4.79 Å². The maximum absolute atomic E-state index is 11.9. The highest BCUT2D eigenvalue weighted by Crippen LogP contribution is 2.47. The molecule has 2 atom stereocenters. The lowest BCUT2D eigenvalue weighted by Gasteiger charge is -2.04. The molecular formula is C18H19N3O3. The fourth-order valence-electron chi connectivity index (χ4n) is 2.50. The van der Waals surface area contributed by atoms with Crippen LogP contribution >= 0.6 is 0 Å². The van der Waals surface area contributed by atoms with Crippen LogP contribution in [0.1, 0.15) is 30.8 Å². The molecule has 1 aromatic heterocycles. The number of benzene rings is 1. The van der Waals surface area contributed by atoms with Gasteiger partial charge in [0.2, 0.25) is 5.91 Å². The largest absolute Gasteiger partial charge is 0.461 e. The lowest BCUT2D eigenvalue weighted by molar-refractivity contribution is -0.111. The molecule has 124 valence electrons. The Morgan fingerprint density at radius 3 is 2.33 bits per heavy atom. The SMILES string of the molecule is CC1CC1c1ccc(/C=C/C(=O)Nc2ccc(NC(N)=O)cc2)o1. The molecule has 1 saturated carbocycles. The van der Waals surface area contributed by atoms with Gasteiger partial charge in [-0.05, 0) is 54.8 Å². The van der Waals surface area contributed by atoms with Crippen LogP contribution < -0.4 is 16.4 Å². The van der Waals surface area contributed by atoms with E-state index in [0.29, 0.717) is 29.0 Å². The molecule has 1 aliphatic carbocycles. The monoisotopic (exact) mass is 325 g/mol. The van der Waals surface area contributed by atoms with Gasteiger partial charge in [-0.25, -0.2) is 4.79 Å². The van der Waals surface area contributed by atoms with E-state index in [4.69, 9.17) is 10.2 Å². The maximum atomic E-state index is 11.9. The number of anilines is 2. The zero-order chi connectivity index (χ0) is 17.1. The first-order chi connectivity index (χ1) is 11.5. The number of furan rings is 1. The standard InChI is InChI=1S/C18H19N3O3/c1-11-10-15(11)16-8-6-14(24-16)7-9-17(22)20-12-2-4-13(5-3-12)21-18(19)23/h2-9,11,15H,10H2,1H3,(H,20,22)(H3,19,21,23)/b9-7+. The summed E-state index contributed by atoms with van der Waals surface area (Å²) in [6.45, 7) is 2.19. The number of carbonyl (C=O) groups is 2. The number of hydrogen-bond donors (Lipinski definition) is 3. The van der Waals surface area contributed by atoms with Gasteiger partial charge in [-0.3, -0.25) is 4.79 Å². The number of rotatable bonds is 5. The summed E-state index contributed by atoms with van der Waals surface area (Å²) in [5.41, 5.74) is 6.21. The Morgan fingerprint density at radius 1 is 1.12 bits per heavy atom. The van der Waals surface area contributed by atoms with Gasteiger partial charge >= 0.3 is 6.03 Å². The normalized spacial score (nSPS) is 19.2. The third-order valence-corrected chi connectivity index (χ3v) is 3.94. The van der Waals surface area contributed by atoms with E-state index in [1.54, 1.807) is 30.3 Å². The maximum Gasteiger partial charge on any atom is 0.316 e. The molecule has 24 heavy (non-hydrogen) atoms. The minimum absolute atomic E-state index is 0.261. The minimum Gasteiger partial charge on any atom is -0.461 e. The fourth-order valence-corrected chi connectivity index (χ4v) is 2.50. The summed E-state index contributed by atoms with van der Waals surface area (Å²) >= 11 is 0. The number of primary amides is 1. The summed E-state index contributed by atoms with van der Waals surface area (Å²) in [6, 6.07) is 9.87. The molecule has 1 heterocycles. The van der Waals surface area contributed by atoms with E-state index in [9.17, 15) is 9.59 Å². The first kappa shape index (κ1) is 15.9. The van der Waals surface area contributed by atoms with E-state index in [2.05, 4.69) is 17.6 Å². The van der Waals surface area contributed by atoms with Crippen molar-refractivity contribution in [3.8, 4) is 0 Å². The van der Waals surface area contributed by atoms with Gasteiger partial charge in [0.25, 0.3) is 0 Å². The predicted octanol–water partition coefficient (Wildman–Crippen LogP) is 3.55. The van der Waals surface area contributed by atoms with Crippen molar-refractivity contribution in [1.82, 2.24) is 0 Å². The van der Waals surface area contributed by atoms with Crippen molar-refractivity contribution in [3.05, 3.63) is 54.0 Å². The average molecular weight is 325 g/mol. The van der Waals surface area contributed by atoms with Crippen molar-refractivity contribution in [2.75, 3.05) is 10.6 Å². The highest BCUT2D eigenvalue weighted by molar-refractivity contribution is 6.01. The number of hydrogen-bond acceptors (Lipinski definition) is 3. The van der Waals surface area contributed by atoms with Gasteiger partial charge in [0.15, 0.2) is 0 Å². The Labute approximate surface area is 139 Å². The quantitative estimate of drug-likeness (QED) is 0.733. The fraction of sp³-hybridized carbons (Fsp3) is 0.222. The van der Waals surface area contributed by atoms with Gasteiger partial charge < -0.3 is 20.8 Å². The molecule has 1 aliphatic rings. The van der Waals surface area contributed by atoms with Crippen LogP contribution in [0.5, 0.6) is 0 Å². The van der Waals surface area contributed by atoms with E-state index in [0.717, 1.165) is 12.2 Å². The molecule has 6 nitrogen and oxygen atoms in total. The zero-order valence-electron chi connectivity index (χ0n) is 13.3. The van der Waals surface area contributed by atoms with Crippen molar-refractivity contribution in [3.63, 3.8) is 0 Å². The summed E-state index contributed by atoms with van der Waals surface area (Å²) in [5.74, 6) is 2.60. The van der Waals surface area contributed by atoms with Crippen LogP contribution in [-0.4, -0.2) is 11.9 Å². The molecule has 0 aliphatic heterocycles. The third-order valence-electron chi connectivity index (χ3n) is 3.94. The van der Waals surface area contributed by atoms with Crippen LogP contribution in [0.15, 0.2) is 46.9 Å². The van der Waals surface area contributed by atoms with Crippen LogP contribution in [0.4, 0.5) is 16.2 Å². The van der Waals surface area contributed by atoms with E-state index >= 15 is 0 Å². The molecule has 3 rings (SSSR count). The van der Waals surface area contributed by atoms with Gasteiger partial charge in [-0.2, -0.15) is 0 Å². The van der Waals surface area contributed by atoms with Crippen molar-refractivity contribution >= 4 is 29.4 Å². The van der Waals surface area contributed by atoms with E-state index in [1.807, 2.05) is 12.1 Å². The van der Waals surface area contributed by atoms with Gasteiger partial charge in [-0.15, -0.1) is 0 Å². The summed E-state index contributed by atoms with van der Waals surface area (Å²) in [4.78, 5) is 22.7.